The summed E-state index contributed by atoms with van der Waals surface area (Å²) in [5.74, 6) is 0.123. The molecular weight excluding hydrogens is 423 g/mol. The number of halogens is 1. The van der Waals surface area contributed by atoms with E-state index in [1.807, 2.05) is 30.4 Å². The average Bonchev–Trinajstić information content (AvgIpc) is 3.16. The molecular formula is C26H23FN2O4. The van der Waals surface area contributed by atoms with E-state index in [-0.39, 0.29) is 30.2 Å². The van der Waals surface area contributed by atoms with Gasteiger partial charge in [-0.1, -0.05) is 36.4 Å². The van der Waals surface area contributed by atoms with Gasteiger partial charge in [0.25, 0.3) is 0 Å². The highest BCUT2D eigenvalue weighted by atomic mass is 19.1. The van der Waals surface area contributed by atoms with Gasteiger partial charge in [-0.3, -0.25) is 9.59 Å². The third kappa shape index (κ3) is 5.04. The molecule has 5 rings (SSSR count). The molecule has 0 radical (unpaired) electrons. The van der Waals surface area contributed by atoms with E-state index in [2.05, 4.69) is 10.6 Å². The van der Waals surface area contributed by atoms with E-state index >= 15 is 0 Å². The molecule has 2 aliphatic heterocycles. The van der Waals surface area contributed by atoms with Crippen molar-refractivity contribution in [2.45, 2.75) is 25.3 Å². The summed E-state index contributed by atoms with van der Waals surface area (Å²) >= 11 is 0. The molecule has 1 unspecified atom stereocenters. The van der Waals surface area contributed by atoms with Gasteiger partial charge in [-0.25, -0.2) is 4.39 Å². The molecule has 2 N–H and O–H groups in total. The molecule has 1 atom stereocenters. The largest absolute Gasteiger partial charge is 0.454 e. The van der Waals surface area contributed by atoms with Crippen LogP contribution in [0, 0.1) is 5.82 Å². The van der Waals surface area contributed by atoms with Crippen LogP contribution in [0.1, 0.15) is 24.0 Å². The molecule has 2 saturated heterocycles. The van der Waals surface area contributed by atoms with Crippen LogP contribution >= 0.6 is 0 Å². The lowest BCUT2D eigenvalue weighted by molar-refractivity contribution is -0.131. The number of amides is 2. The molecule has 0 spiro atoms. The Hall–Kier alpha value is -3.71. The number of fused-ring (bicyclic) bond motifs is 1. The van der Waals surface area contributed by atoms with E-state index in [1.165, 1.54) is 6.07 Å². The third-order valence-electron chi connectivity index (χ3n) is 5.73. The fourth-order valence-corrected chi connectivity index (χ4v) is 4.18. The van der Waals surface area contributed by atoms with Crippen molar-refractivity contribution in [2.75, 3.05) is 13.2 Å². The summed E-state index contributed by atoms with van der Waals surface area (Å²) in [7, 11) is 0. The number of ether oxygens (including phenoxy) is 2. The summed E-state index contributed by atoms with van der Waals surface area (Å²) in [5, 5.41) is 5.73. The average molecular weight is 446 g/mol. The molecule has 0 saturated carbocycles. The Morgan fingerprint density at radius 2 is 1.97 bits per heavy atom. The minimum absolute atomic E-state index is 0.00380. The maximum absolute atomic E-state index is 14.7. The lowest BCUT2D eigenvalue weighted by Crippen LogP contribution is -2.46. The van der Waals surface area contributed by atoms with Crippen LogP contribution < -0.4 is 15.4 Å². The van der Waals surface area contributed by atoms with Crippen LogP contribution in [0.15, 0.2) is 71.5 Å². The molecule has 2 amide bonds. The van der Waals surface area contributed by atoms with Crippen molar-refractivity contribution in [2.24, 2.45) is 0 Å². The van der Waals surface area contributed by atoms with Gasteiger partial charge in [0.05, 0.1) is 19.1 Å². The standard InChI is InChI=1S/C26H23FN2O4/c27-22-12-18(9-17-3-7-23-19(10-17)13-25(30)29-23)4-8-24(22)33-21-5-1-16(2-6-21)11-20-14-32-15-26(31)28-20/h1-2,4-10,12,20H,3,11,13-15H2,(H,28,31)(H,29,30)/b17-9+. The predicted octanol–water partition coefficient (Wildman–Crippen LogP) is 3.79. The summed E-state index contributed by atoms with van der Waals surface area (Å²) in [4.78, 5) is 23.0. The molecule has 2 aromatic carbocycles. The van der Waals surface area contributed by atoms with Crippen molar-refractivity contribution in [1.82, 2.24) is 10.6 Å². The number of hydrogen-bond donors (Lipinski definition) is 2. The highest BCUT2D eigenvalue weighted by Gasteiger charge is 2.23. The van der Waals surface area contributed by atoms with Crippen molar-refractivity contribution in [1.29, 1.82) is 0 Å². The van der Waals surface area contributed by atoms with Gasteiger partial charge in [0.2, 0.25) is 11.8 Å². The van der Waals surface area contributed by atoms with Gasteiger partial charge in [-0.2, -0.15) is 0 Å². The first-order chi connectivity index (χ1) is 16.0. The summed E-state index contributed by atoms with van der Waals surface area (Å²) in [6, 6.07) is 12.2. The van der Waals surface area contributed by atoms with Crippen LogP contribution in [0.3, 0.4) is 0 Å². The normalized spacial score (nSPS) is 21.1. The Bertz CT molecular complexity index is 1200. The second kappa shape index (κ2) is 9.03. The second-order valence-electron chi connectivity index (χ2n) is 8.36. The number of allylic oxidation sites excluding steroid dienone is 4. The van der Waals surface area contributed by atoms with E-state index < -0.39 is 5.82 Å². The van der Waals surface area contributed by atoms with Crippen molar-refractivity contribution in [3.63, 3.8) is 0 Å². The molecule has 2 heterocycles. The number of morpholine rings is 1. The van der Waals surface area contributed by atoms with Gasteiger partial charge < -0.3 is 20.1 Å². The number of hydrogen-bond acceptors (Lipinski definition) is 4. The van der Waals surface area contributed by atoms with Crippen LogP contribution in [-0.4, -0.2) is 31.1 Å². The summed E-state index contributed by atoms with van der Waals surface area (Å²) in [6.07, 6.45) is 7.61. The fourth-order valence-electron chi connectivity index (χ4n) is 4.18. The predicted molar refractivity (Wildman–Crippen MR) is 121 cm³/mol. The zero-order valence-corrected chi connectivity index (χ0v) is 17.9. The molecule has 0 aromatic heterocycles. The maximum Gasteiger partial charge on any atom is 0.246 e. The Morgan fingerprint density at radius 3 is 2.76 bits per heavy atom. The molecule has 2 aromatic rings. The van der Waals surface area contributed by atoms with Crippen LogP contribution in [0.5, 0.6) is 11.5 Å². The monoisotopic (exact) mass is 446 g/mol. The Morgan fingerprint density at radius 1 is 1.12 bits per heavy atom. The Kier molecular flexibility index (Phi) is 5.79. The summed E-state index contributed by atoms with van der Waals surface area (Å²) in [6.45, 7) is 0.597. The minimum Gasteiger partial charge on any atom is -0.454 e. The SMILES string of the molecule is O=C1CC2=C/C(=C/c3ccc(Oc4ccc(CC5COCC(=O)N5)cc4)c(F)c3)CC=C2N1. The van der Waals surface area contributed by atoms with Gasteiger partial charge in [0.1, 0.15) is 12.4 Å². The second-order valence-corrected chi connectivity index (χ2v) is 8.36. The van der Waals surface area contributed by atoms with E-state index in [0.29, 0.717) is 31.6 Å². The molecule has 1 aliphatic carbocycles. The molecule has 7 heteroatoms. The van der Waals surface area contributed by atoms with Gasteiger partial charge in [-0.05, 0) is 59.4 Å². The van der Waals surface area contributed by atoms with Crippen LogP contribution in [0.25, 0.3) is 6.08 Å². The first-order valence-electron chi connectivity index (χ1n) is 10.9. The van der Waals surface area contributed by atoms with E-state index in [4.69, 9.17) is 9.47 Å². The van der Waals surface area contributed by atoms with E-state index in [0.717, 1.165) is 28.0 Å². The van der Waals surface area contributed by atoms with Crippen molar-refractivity contribution >= 4 is 17.9 Å². The molecule has 2 fully saturated rings. The number of carbonyl (C=O) groups is 2. The van der Waals surface area contributed by atoms with Gasteiger partial charge in [0.15, 0.2) is 11.6 Å². The first-order valence-corrected chi connectivity index (χ1v) is 10.9. The van der Waals surface area contributed by atoms with Gasteiger partial charge in [0, 0.05) is 5.70 Å². The molecule has 0 bridgehead atoms. The number of benzene rings is 2. The third-order valence-corrected chi connectivity index (χ3v) is 5.73. The van der Waals surface area contributed by atoms with Crippen LogP contribution in [0.2, 0.25) is 0 Å². The highest BCUT2D eigenvalue weighted by molar-refractivity contribution is 5.87. The first kappa shape index (κ1) is 21.2. The Balaban J connectivity index is 1.23. The van der Waals surface area contributed by atoms with Crippen LogP contribution in [-0.2, 0) is 20.7 Å². The zero-order chi connectivity index (χ0) is 22.8. The lowest BCUT2D eigenvalue weighted by Gasteiger charge is -2.23. The molecule has 33 heavy (non-hydrogen) atoms. The van der Waals surface area contributed by atoms with Crippen molar-refractivity contribution in [3.05, 3.63) is 88.4 Å². The number of rotatable bonds is 5. The van der Waals surface area contributed by atoms with Crippen molar-refractivity contribution in [3.8, 4) is 11.5 Å². The lowest BCUT2D eigenvalue weighted by atomic mass is 9.97. The quantitative estimate of drug-likeness (QED) is 0.733. The van der Waals surface area contributed by atoms with E-state index in [1.54, 1.807) is 24.3 Å². The highest BCUT2D eigenvalue weighted by Crippen LogP contribution is 2.30. The van der Waals surface area contributed by atoms with Gasteiger partial charge in [-0.15, -0.1) is 0 Å². The zero-order valence-electron chi connectivity index (χ0n) is 17.9. The Labute approximate surface area is 190 Å². The number of nitrogens with one attached hydrogen (secondary N) is 2. The van der Waals surface area contributed by atoms with Gasteiger partial charge >= 0.3 is 0 Å². The minimum atomic E-state index is -0.451. The maximum atomic E-state index is 14.7. The van der Waals surface area contributed by atoms with Crippen molar-refractivity contribution < 1.29 is 23.5 Å². The molecule has 168 valence electrons. The molecule has 6 nitrogen and oxygen atoms in total. The summed E-state index contributed by atoms with van der Waals surface area (Å²) < 4.78 is 25.7. The van der Waals surface area contributed by atoms with E-state index in [9.17, 15) is 14.0 Å². The molecule has 3 aliphatic rings. The van der Waals surface area contributed by atoms with Crippen LogP contribution in [0.4, 0.5) is 4.39 Å². The smallest absolute Gasteiger partial charge is 0.246 e. The number of carbonyl (C=O) groups excluding carboxylic acids is 2. The fraction of sp³-hybridized carbons (Fsp3) is 0.231. The summed E-state index contributed by atoms with van der Waals surface area (Å²) in [5.41, 5.74) is 4.63. The topological polar surface area (TPSA) is 76.7 Å².